The Hall–Kier alpha value is -1.36. The van der Waals surface area contributed by atoms with Crippen LogP contribution in [0, 0.1) is 17.3 Å². The molecule has 0 aromatic rings. The highest BCUT2D eigenvalue weighted by atomic mass is 16.6. The Morgan fingerprint density at radius 3 is 2.90 bits per heavy atom. The number of carboxylic acid groups (broad SMARTS) is 1. The molecule has 3 saturated carbocycles. The number of hydrogen-bond donors (Lipinski definition) is 2. The van der Waals surface area contributed by atoms with E-state index < -0.39 is 17.5 Å². The van der Waals surface area contributed by atoms with Crippen molar-refractivity contribution in [3.05, 3.63) is 11.6 Å². The quantitative estimate of drug-likeness (QED) is 0.602. The Kier molecular flexibility index (Phi) is 2.77. The number of carboxylic acids is 1. The smallest absolute Gasteiger partial charge is 0.331 e. The summed E-state index contributed by atoms with van der Waals surface area (Å²) in [4.78, 5) is 23.1. The molecular weight excluding hydrogens is 260 g/mol. The topological polar surface area (TPSA) is 83.8 Å². The van der Waals surface area contributed by atoms with Gasteiger partial charge in [0.1, 0.15) is 5.60 Å². The van der Waals surface area contributed by atoms with E-state index in [4.69, 9.17) is 9.84 Å². The predicted molar refractivity (Wildman–Crippen MR) is 69.8 cm³/mol. The molecule has 5 heteroatoms. The lowest BCUT2D eigenvalue weighted by Crippen LogP contribution is -2.59. The highest BCUT2D eigenvalue weighted by Crippen LogP contribution is 2.70. The number of fused-ring (bicyclic) bond motifs is 1. The first kappa shape index (κ1) is 13.6. The Morgan fingerprint density at radius 1 is 1.60 bits per heavy atom. The van der Waals surface area contributed by atoms with Crippen LogP contribution in [0.25, 0.3) is 0 Å². The number of aliphatic hydroxyl groups is 1. The SMILES string of the molecule is C/C(=C\[C@@H](O)C[C@]12C(=O)O[C@]3(C)CC[C@H]1C[C@H]23)C(=O)O. The van der Waals surface area contributed by atoms with Gasteiger partial charge >= 0.3 is 11.9 Å². The van der Waals surface area contributed by atoms with Gasteiger partial charge in [-0.25, -0.2) is 4.79 Å². The van der Waals surface area contributed by atoms with Crippen molar-refractivity contribution >= 4 is 11.9 Å². The molecule has 4 rings (SSSR count). The first-order valence-corrected chi connectivity index (χ1v) is 7.13. The first-order chi connectivity index (χ1) is 9.29. The van der Waals surface area contributed by atoms with Gasteiger partial charge in [-0.05, 0) is 51.5 Å². The molecule has 4 aliphatic rings. The van der Waals surface area contributed by atoms with Gasteiger partial charge in [0.15, 0.2) is 0 Å². The second-order valence-corrected chi connectivity index (χ2v) is 6.69. The summed E-state index contributed by atoms with van der Waals surface area (Å²) < 4.78 is 5.60. The van der Waals surface area contributed by atoms with Crippen LogP contribution in [0.3, 0.4) is 0 Å². The first-order valence-electron chi connectivity index (χ1n) is 7.13. The third-order valence-corrected chi connectivity index (χ3v) is 5.63. The van der Waals surface area contributed by atoms with E-state index in [1.54, 1.807) is 0 Å². The average Bonchev–Trinajstić information content (AvgIpc) is 2.43. The molecule has 0 amide bonds. The van der Waals surface area contributed by atoms with Crippen LogP contribution in [0.1, 0.15) is 39.5 Å². The molecule has 4 bridgehead atoms. The van der Waals surface area contributed by atoms with Crippen LogP contribution in [-0.2, 0) is 14.3 Å². The van der Waals surface area contributed by atoms with Gasteiger partial charge in [0.2, 0.25) is 0 Å². The van der Waals surface area contributed by atoms with E-state index >= 15 is 0 Å². The Morgan fingerprint density at radius 2 is 2.30 bits per heavy atom. The van der Waals surface area contributed by atoms with E-state index in [0.717, 1.165) is 19.3 Å². The zero-order chi connectivity index (χ0) is 14.7. The number of aliphatic carboxylic acids is 1. The van der Waals surface area contributed by atoms with Crippen LogP contribution < -0.4 is 0 Å². The van der Waals surface area contributed by atoms with E-state index in [1.807, 2.05) is 6.92 Å². The van der Waals surface area contributed by atoms with Gasteiger partial charge in [0.25, 0.3) is 0 Å². The zero-order valence-electron chi connectivity index (χ0n) is 11.8. The average molecular weight is 280 g/mol. The molecule has 0 spiro atoms. The lowest BCUT2D eigenvalue weighted by atomic mass is 9.43. The van der Waals surface area contributed by atoms with Crippen LogP contribution in [0.2, 0.25) is 0 Å². The van der Waals surface area contributed by atoms with Crippen molar-refractivity contribution in [2.24, 2.45) is 17.3 Å². The van der Waals surface area contributed by atoms with Gasteiger partial charge in [-0.2, -0.15) is 0 Å². The summed E-state index contributed by atoms with van der Waals surface area (Å²) in [5.41, 5.74) is -0.855. The maximum Gasteiger partial charge on any atom is 0.331 e. The summed E-state index contributed by atoms with van der Waals surface area (Å²) in [5, 5.41) is 19.0. The molecule has 3 aliphatic carbocycles. The molecule has 1 heterocycles. The summed E-state index contributed by atoms with van der Waals surface area (Å²) in [6.07, 6.45) is 3.53. The van der Waals surface area contributed by atoms with E-state index in [9.17, 15) is 14.7 Å². The monoisotopic (exact) mass is 280 g/mol. The molecule has 0 aromatic carbocycles. The Balaban J connectivity index is 1.82. The minimum Gasteiger partial charge on any atom is -0.478 e. The van der Waals surface area contributed by atoms with Gasteiger partial charge in [0, 0.05) is 11.5 Å². The number of rotatable bonds is 4. The summed E-state index contributed by atoms with van der Waals surface area (Å²) in [5.74, 6) is -0.786. The number of carbonyl (C=O) groups is 2. The van der Waals surface area contributed by atoms with Gasteiger partial charge in [-0.15, -0.1) is 0 Å². The number of ether oxygens (including phenoxy) is 1. The zero-order valence-corrected chi connectivity index (χ0v) is 11.8. The maximum atomic E-state index is 12.3. The van der Waals surface area contributed by atoms with Gasteiger partial charge < -0.3 is 14.9 Å². The fourth-order valence-corrected chi connectivity index (χ4v) is 4.53. The summed E-state index contributed by atoms with van der Waals surface area (Å²) in [6, 6.07) is 0. The second-order valence-electron chi connectivity index (χ2n) is 6.69. The van der Waals surface area contributed by atoms with E-state index in [-0.39, 0.29) is 35.4 Å². The highest BCUT2D eigenvalue weighted by Gasteiger charge is 2.74. The Bertz CT molecular complexity index is 508. The molecule has 20 heavy (non-hydrogen) atoms. The van der Waals surface area contributed by atoms with Crippen LogP contribution in [0.5, 0.6) is 0 Å². The minimum atomic E-state index is -1.05. The van der Waals surface area contributed by atoms with E-state index in [0.29, 0.717) is 0 Å². The van der Waals surface area contributed by atoms with Gasteiger partial charge in [0.05, 0.1) is 11.5 Å². The third-order valence-electron chi connectivity index (χ3n) is 5.63. The van der Waals surface area contributed by atoms with E-state index in [1.165, 1.54) is 13.0 Å². The largest absolute Gasteiger partial charge is 0.478 e. The van der Waals surface area contributed by atoms with Crippen LogP contribution in [-0.4, -0.2) is 33.9 Å². The molecule has 5 atom stereocenters. The third kappa shape index (κ3) is 1.59. The van der Waals surface area contributed by atoms with Crippen LogP contribution in [0.15, 0.2) is 11.6 Å². The molecule has 2 N–H and O–H groups in total. The van der Waals surface area contributed by atoms with Crippen LogP contribution in [0.4, 0.5) is 0 Å². The van der Waals surface area contributed by atoms with Crippen molar-refractivity contribution in [1.82, 2.24) is 0 Å². The normalized spacial score (nSPS) is 43.8. The van der Waals surface area contributed by atoms with Crippen LogP contribution >= 0.6 is 0 Å². The summed E-state index contributed by atoms with van der Waals surface area (Å²) >= 11 is 0. The van der Waals surface area contributed by atoms with Crippen molar-refractivity contribution in [2.75, 3.05) is 0 Å². The maximum absolute atomic E-state index is 12.3. The fraction of sp³-hybridized carbons (Fsp3) is 0.733. The molecule has 1 aliphatic heterocycles. The lowest BCUT2D eigenvalue weighted by molar-refractivity contribution is -0.157. The van der Waals surface area contributed by atoms with Crippen molar-refractivity contribution < 1.29 is 24.5 Å². The van der Waals surface area contributed by atoms with Crippen molar-refractivity contribution in [3.8, 4) is 0 Å². The molecule has 4 fully saturated rings. The number of hydrogen-bond acceptors (Lipinski definition) is 4. The fourth-order valence-electron chi connectivity index (χ4n) is 4.53. The standard InChI is InChI=1S/C15H20O5/c1-8(12(17)18)5-10(16)7-15-9-3-4-14(2,11(15)6-9)20-13(15)19/h5,9-11,16H,3-4,6-7H2,1-2H3,(H,17,18)/b8-5+/t9-,10+,11-,14+,15-/m0/s1. The predicted octanol–water partition coefficient (Wildman–Crippen LogP) is 1.50. The van der Waals surface area contributed by atoms with Crippen molar-refractivity contribution in [2.45, 2.75) is 51.2 Å². The Labute approximate surface area is 117 Å². The molecule has 1 saturated heterocycles. The number of aliphatic hydroxyl groups excluding tert-OH is 1. The molecule has 110 valence electrons. The lowest BCUT2D eigenvalue weighted by Gasteiger charge is -2.57. The summed E-state index contributed by atoms with van der Waals surface area (Å²) in [6.45, 7) is 3.43. The highest BCUT2D eigenvalue weighted by molar-refractivity contribution is 5.86. The summed E-state index contributed by atoms with van der Waals surface area (Å²) in [7, 11) is 0. The molecular formula is C15H20O5. The molecule has 0 radical (unpaired) electrons. The van der Waals surface area contributed by atoms with Gasteiger partial charge in [-0.1, -0.05) is 0 Å². The van der Waals surface area contributed by atoms with Crippen molar-refractivity contribution in [1.29, 1.82) is 0 Å². The van der Waals surface area contributed by atoms with Crippen molar-refractivity contribution in [3.63, 3.8) is 0 Å². The number of esters is 1. The second kappa shape index (κ2) is 4.07. The molecule has 0 unspecified atom stereocenters. The molecule has 5 nitrogen and oxygen atoms in total. The minimum absolute atomic E-state index is 0.104. The van der Waals surface area contributed by atoms with E-state index in [2.05, 4.69) is 0 Å². The molecule has 0 aromatic heterocycles. The number of carbonyl (C=O) groups excluding carboxylic acids is 1. The van der Waals surface area contributed by atoms with Gasteiger partial charge in [-0.3, -0.25) is 4.79 Å².